The second kappa shape index (κ2) is 5.62. The van der Waals surface area contributed by atoms with E-state index in [9.17, 15) is 4.79 Å². The summed E-state index contributed by atoms with van der Waals surface area (Å²) in [5.74, 6) is 1.22. The van der Waals surface area contributed by atoms with Gasteiger partial charge in [0.2, 0.25) is 0 Å². The molecule has 0 aromatic heterocycles. The smallest absolute Gasteiger partial charge is 0.258 e. The van der Waals surface area contributed by atoms with Crippen molar-refractivity contribution in [3.63, 3.8) is 0 Å². The van der Waals surface area contributed by atoms with Gasteiger partial charge in [-0.05, 0) is 50.1 Å². The molecule has 3 unspecified atom stereocenters. The van der Waals surface area contributed by atoms with Gasteiger partial charge in [0, 0.05) is 23.7 Å². The molecule has 0 radical (unpaired) electrons. The summed E-state index contributed by atoms with van der Waals surface area (Å²) < 4.78 is 5.45. The Labute approximate surface area is 124 Å². The van der Waals surface area contributed by atoms with E-state index >= 15 is 0 Å². The third-order valence-corrected chi connectivity index (χ3v) is 4.60. The van der Waals surface area contributed by atoms with Gasteiger partial charge < -0.3 is 15.0 Å². The van der Waals surface area contributed by atoms with Crippen molar-refractivity contribution in [2.24, 2.45) is 5.92 Å². The summed E-state index contributed by atoms with van der Waals surface area (Å²) in [5, 5.41) is 3.76. The van der Waals surface area contributed by atoms with Crippen LogP contribution in [0.2, 0.25) is 5.02 Å². The van der Waals surface area contributed by atoms with Gasteiger partial charge in [-0.1, -0.05) is 11.6 Å². The van der Waals surface area contributed by atoms with E-state index in [0.29, 0.717) is 28.8 Å². The topological polar surface area (TPSA) is 41.6 Å². The maximum absolute atomic E-state index is 11.9. The fourth-order valence-electron chi connectivity index (χ4n) is 3.28. The van der Waals surface area contributed by atoms with Crippen LogP contribution in [-0.4, -0.2) is 43.1 Å². The minimum absolute atomic E-state index is 0.0415. The van der Waals surface area contributed by atoms with Crippen molar-refractivity contribution < 1.29 is 9.53 Å². The fourth-order valence-corrected chi connectivity index (χ4v) is 3.41. The van der Waals surface area contributed by atoms with E-state index in [0.717, 1.165) is 13.0 Å². The molecule has 1 aromatic carbocycles. The predicted molar refractivity (Wildman–Crippen MR) is 78.0 cm³/mol. The molecule has 1 amide bonds. The van der Waals surface area contributed by atoms with Crippen molar-refractivity contribution >= 4 is 17.5 Å². The lowest BCUT2D eigenvalue weighted by Gasteiger charge is -2.28. The molecular formula is C15H19ClN2O2. The number of fused-ring (bicyclic) bond motifs is 2. The maximum Gasteiger partial charge on any atom is 0.258 e. The number of nitrogens with one attached hydrogen (secondary N) is 1. The zero-order valence-corrected chi connectivity index (χ0v) is 12.3. The van der Waals surface area contributed by atoms with Crippen LogP contribution in [0.3, 0.4) is 0 Å². The Morgan fingerprint density at radius 3 is 2.75 bits per heavy atom. The van der Waals surface area contributed by atoms with Gasteiger partial charge in [0.15, 0.2) is 6.61 Å². The van der Waals surface area contributed by atoms with E-state index in [2.05, 4.69) is 17.3 Å². The number of piperidine rings is 1. The van der Waals surface area contributed by atoms with E-state index in [1.165, 1.54) is 6.42 Å². The van der Waals surface area contributed by atoms with Crippen LogP contribution in [0.25, 0.3) is 0 Å². The normalized spacial score (nSPS) is 28.6. The fraction of sp³-hybridized carbons (Fsp3) is 0.533. The standard InChI is InChI=1S/C15H19ClN2O2/c1-18-8-10-6-12(18)7-14(10)17-15(19)9-20-13-4-2-11(16)3-5-13/h2-5,10,12,14H,6-9H2,1H3,(H,17,19). The Kier molecular flexibility index (Phi) is 3.85. The highest BCUT2D eigenvalue weighted by atomic mass is 35.5. The maximum atomic E-state index is 11.9. The Bertz CT molecular complexity index is 489. The van der Waals surface area contributed by atoms with Crippen molar-refractivity contribution in [1.82, 2.24) is 10.2 Å². The zero-order chi connectivity index (χ0) is 14.1. The highest BCUT2D eigenvalue weighted by Crippen LogP contribution is 2.36. The minimum atomic E-state index is -0.0415. The lowest BCUT2D eigenvalue weighted by Crippen LogP contribution is -2.46. The number of benzene rings is 1. The van der Waals surface area contributed by atoms with Crippen LogP contribution in [0, 0.1) is 5.92 Å². The van der Waals surface area contributed by atoms with Gasteiger partial charge in [-0.3, -0.25) is 4.79 Å². The van der Waals surface area contributed by atoms with Crippen molar-refractivity contribution in [2.45, 2.75) is 24.9 Å². The molecule has 1 aromatic rings. The summed E-state index contributed by atoms with van der Waals surface area (Å²) in [6.45, 7) is 1.15. The van der Waals surface area contributed by atoms with Crippen LogP contribution < -0.4 is 10.1 Å². The third kappa shape index (κ3) is 2.91. The molecule has 1 N–H and O–H groups in total. The average Bonchev–Trinajstić information content (AvgIpc) is 2.97. The van der Waals surface area contributed by atoms with Crippen molar-refractivity contribution in [3.8, 4) is 5.75 Å². The molecule has 1 saturated carbocycles. The first-order chi connectivity index (χ1) is 9.61. The molecule has 108 valence electrons. The summed E-state index contributed by atoms with van der Waals surface area (Å²) in [6.07, 6.45) is 2.27. The monoisotopic (exact) mass is 294 g/mol. The Morgan fingerprint density at radius 2 is 2.15 bits per heavy atom. The van der Waals surface area contributed by atoms with Crippen molar-refractivity contribution in [2.75, 3.05) is 20.2 Å². The van der Waals surface area contributed by atoms with Crippen LogP contribution in [-0.2, 0) is 4.79 Å². The highest BCUT2D eigenvalue weighted by molar-refractivity contribution is 6.30. The summed E-state index contributed by atoms with van der Waals surface area (Å²) in [4.78, 5) is 14.3. The van der Waals surface area contributed by atoms with Gasteiger partial charge in [0.1, 0.15) is 5.75 Å². The van der Waals surface area contributed by atoms with Gasteiger partial charge in [-0.25, -0.2) is 0 Å². The van der Waals surface area contributed by atoms with Gasteiger partial charge in [-0.2, -0.15) is 0 Å². The largest absolute Gasteiger partial charge is 0.484 e. The minimum Gasteiger partial charge on any atom is -0.484 e. The summed E-state index contributed by atoms with van der Waals surface area (Å²) >= 11 is 5.80. The lowest BCUT2D eigenvalue weighted by atomic mass is 10.0. The van der Waals surface area contributed by atoms with Gasteiger partial charge >= 0.3 is 0 Å². The summed E-state index contributed by atoms with van der Waals surface area (Å²) in [6, 6.07) is 7.99. The first-order valence-electron chi connectivity index (χ1n) is 7.00. The van der Waals surface area contributed by atoms with Crippen LogP contribution in [0.15, 0.2) is 24.3 Å². The molecule has 2 bridgehead atoms. The molecule has 3 rings (SSSR count). The number of carbonyl (C=O) groups is 1. The highest BCUT2D eigenvalue weighted by Gasteiger charge is 2.43. The Morgan fingerprint density at radius 1 is 1.40 bits per heavy atom. The van der Waals surface area contributed by atoms with E-state index < -0.39 is 0 Å². The molecule has 2 aliphatic rings. The molecule has 1 aliphatic heterocycles. The zero-order valence-electron chi connectivity index (χ0n) is 11.5. The molecule has 3 atom stereocenters. The number of likely N-dealkylation sites (tertiary alicyclic amines) is 1. The first-order valence-corrected chi connectivity index (χ1v) is 7.37. The van der Waals surface area contributed by atoms with Gasteiger partial charge in [0.05, 0.1) is 0 Å². The molecule has 5 heteroatoms. The second-order valence-electron chi connectivity index (χ2n) is 5.74. The molecule has 4 nitrogen and oxygen atoms in total. The van der Waals surface area contributed by atoms with E-state index in [-0.39, 0.29) is 12.5 Å². The molecule has 20 heavy (non-hydrogen) atoms. The van der Waals surface area contributed by atoms with Crippen LogP contribution >= 0.6 is 11.6 Å². The number of amides is 1. The second-order valence-corrected chi connectivity index (χ2v) is 6.18. The number of hydrogen-bond donors (Lipinski definition) is 1. The van der Waals surface area contributed by atoms with Crippen molar-refractivity contribution in [3.05, 3.63) is 29.3 Å². The van der Waals surface area contributed by atoms with Crippen LogP contribution in [0.1, 0.15) is 12.8 Å². The van der Waals surface area contributed by atoms with E-state index in [4.69, 9.17) is 16.3 Å². The number of rotatable bonds is 4. The molecular weight excluding hydrogens is 276 g/mol. The van der Waals surface area contributed by atoms with Gasteiger partial charge in [-0.15, -0.1) is 0 Å². The Hall–Kier alpha value is -1.26. The van der Waals surface area contributed by atoms with E-state index in [1.54, 1.807) is 24.3 Å². The number of nitrogens with zero attached hydrogens (tertiary/aromatic N) is 1. The molecule has 1 aliphatic carbocycles. The average molecular weight is 295 g/mol. The van der Waals surface area contributed by atoms with E-state index in [1.807, 2.05) is 0 Å². The van der Waals surface area contributed by atoms with Crippen molar-refractivity contribution in [1.29, 1.82) is 0 Å². The Balaban J connectivity index is 1.45. The number of halogens is 1. The molecule has 1 heterocycles. The van der Waals surface area contributed by atoms with Gasteiger partial charge in [0.25, 0.3) is 5.91 Å². The van der Waals surface area contributed by atoms with Crippen LogP contribution in [0.4, 0.5) is 0 Å². The number of carbonyl (C=O) groups excluding carboxylic acids is 1. The lowest BCUT2D eigenvalue weighted by molar-refractivity contribution is -0.124. The first kappa shape index (κ1) is 13.7. The van der Waals surface area contributed by atoms with Crippen LogP contribution in [0.5, 0.6) is 5.75 Å². The summed E-state index contributed by atoms with van der Waals surface area (Å²) in [5.41, 5.74) is 0. The molecule has 0 spiro atoms. The SMILES string of the molecule is CN1CC2CC1CC2NC(=O)COc1ccc(Cl)cc1. The molecule has 1 saturated heterocycles. The number of ether oxygens (including phenoxy) is 1. The number of hydrogen-bond acceptors (Lipinski definition) is 3. The predicted octanol–water partition coefficient (Wildman–Crippen LogP) is 1.93. The third-order valence-electron chi connectivity index (χ3n) is 4.35. The quantitative estimate of drug-likeness (QED) is 0.922. The molecule has 2 fully saturated rings. The summed E-state index contributed by atoms with van der Waals surface area (Å²) in [7, 11) is 2.16.